The van der Waals surface area contributed by atoms with Crippen LogP contribution in [0.15, 0.2) is 12.2 Å². The summed E-state index contributed by atoms with van der Waals surface area (Å²) in [5.41, 5.74) is 0. The number of hydrogen-bond donors (Lipinski definition) is 3. The van der Waals surface area contributed by atoms with Crippen molar-refractivity contribution in [3.8, 4) is 0 Å². The molecule has 6 nitrogen and oxygen atoms in total. The fourth-order valence-corrected chi connectivity index (χ4v) is 7.43. The number of carbonyl (C=O) groups excluding carboxylic acids is 2. The molecular formula is C48H93NO5. The third-order valence-corrected chi connectivity index (χ3v) is 11.1. The molecule has 0 aromatic carbocycles. The second-order valence-electron chi connectivity index (χ2n) is 16.5. The van der Waals surface area contributed by atoms with E-state index in [1.807, 2.05) is 0 Å². The minimum Gasteiger partial charge on any atom is -0.462 e. The van der Waals surface area contributed by atoms with Gasteiger partial charge in [0, 0.05) is 6.42 Å². The van der Waals surface area contributed by atoms with E-state index >= 15 is 0 Å². The molecule has 6 heteroatoms. The van der Waals surface area contributed by atoms with Gasteiger partial charge in [-0.1, -0.05) is 206 Å². The maximum Gasteiger partial charge on any atom is 0.306 e. The van der Waals surface area contributed by atoms with E-state index in [2.05, 4.69) is 38.2 Å². The molecule has 0 rings (SSSR count). The molecule has 0 aromatic heterocycles. The Bertz CT molecular complexity index is 817. The van der Waals surface area contributed by atoms with Crippen molar-refractivity contribution in [3.05, 3.63) is 12.2 Å². The average molecular weight is 764 g/mol. The number of rotatable bonds is 43. The summed E-state index contributed by atoms with van der Waals surface area (Å²) in [5.74, 6) is -0.473. The molecule has 1 amide bonds. The Hall–Kier alpha value is -1.40. The number of amides is 1. The van der Waals surface area contributed by atoms with Gasteiger partial charge >= 0.3 is 5.97 Å². The van der Waals surface area contributed by atoms with Gasteiger partial charge in [0.25, 0.3) is 0 Å². The molecule has 0 aliphatic heterocycles. The van der Waals surface area contributed by atoms with Gasteiger partial charge in [0.1, 0.15) is 6.10 Å². The Morgan fingerprint density at radius 2 is 0.889 bits per heavy atom. The number of aliphatic hydroxyl groups excluding tert-OH is 2. The number of ether oxygens (including phenoxy) is 1. The minimum atomic E-state index is -0.780. The summed E-state index contributed by atoms with van der Waals surface area (Å²) >= 11 is 0. The molecule has 3 unspecified atom stereocenters. The highest BCUT2D eigenvalue weighted by Crippen LogP contribution is 2.18. The van der Waals surface area contributed by atoms with E-state index in [0.717, 1.165) is 57.8 Å². The lowest BCUT2D eigenvalue weighted by Gasteiger charge is -2.24. The molecule has 0 saturated heterocycles. The van der Waals surface area contributed by atoms with Crippen LogP contribution in [0.2, 0.25) is 0 Å². The molecule has 0 fully saturated rings. The molecule has 0 saturated carbocycles. The van der Waals surface area contributed by atoms with Crippen LogP contribution in [0.3, 0.4) is 0 Å². The smallest absolute Gasteiger partial charge is 0.306 e. The first-order valence-corrected chi connectivity index (χ1v) is 23.9. The third kappa shape index (κ3) is 37.5. The Morgan fingerprint density at radius 3 is 1.31 bits per heavy atom. The summed E-state index contributed by atoms with van der Waals surface area (Å²) in [5, 5.41) is 23.6. The van der Waals surface area contributed by atoms with Crippen molar-refractivity contribution in [3.63, 3.8) is 0 Å². The lowest BCUT2D eigenvalue weighted by molar-refractivity contribution is -0.151. The van der Waals surface area contributed by atoms with Crippen LogP contribution < -0.4 is 5.32 Å². The predicted molar refractivity (Wildman–Crippen MR) is 232 cm³/mol. The zero-order valence-electron chi connectivity index (χ0n) is 36.4. The Kier molecular flexibility index (Phi) is 41.6. The number of esters is 1. The largest absolute Gasteiger partial charge is 0.462 e. The number of nitrogens with one attached hydrogen (secondary N) is 1. The van der Waals surface area contributed by atoms with Crippen LogP contribution in [-0.4, -0.2) is 46.9 Å². The van der Waals surface area contributed by atoms with Gasteiger partial charge in [-0.2, -0.15) is 0 Å². The van der Waals surface area contributed by atoms with Gasteiger partial charge in [-0.05, 0) is 51.4 Å². The lowest BCUT2D eigenvalue weighted by atomic mass is 10.0. The van der Waals surface area contributed by atoms with E-state index in [9.17, 15) is 19.8 Å². The number of aliphatic hydroxyl groups is 2. The topological polar surface area (TPSA) is 95.9 Å². The summed E-state index contributed by atoms with van der Waals surface area (Å²) in [6, 6.07) is -0.694. The Labute approximate surface area is 336 Å². The average Bonchev–Trinajstić information content (AvgIpc) is 3.16. The zero-order chi connectivity index (χ0) is 39.6. The molecule has 0 heterocycles. The number of unbranched alkanes of at least 4 members (excludes halogenated alkanes) is 29. The van der Waals surface area contributed by atoms with E-state index in [1.165, 1.54) is 154 Å². The van der Waals surface area contributed by atoms with Gasteiger partial charge in [0.15, 0.2) is 0 Å². The number of allylic oxidation sites excluding steroid dienone is 2. The molecule has 0 aromatic rings. The molecule has 320 valence electrons. The van der Waals surface area contributed by atoms with Crippen LogP contribution in [0.25, 0.3) is 0 Å². The normalized spacial score (nSPS) is 13.4. The van der Waals surface area contributed by atoms with Crippen LogP contribution in [0.4, 0.5) is 0 Å². The highest BCUT2D eigenvalue weighted by atomic mass is 16.5. The van der Waals surface area contributed by atoms with E-state index < -0.39 is 18.2 Å². The van der Waals surface area contributed by atoms with Gasteiger partial charge in [-0.3, -0.25) is 9.59 Å². The highest BCUT2D eigenvalue weighted by Gasteiger charge is 2.24. The second kappa shape index (κ2) is 42.7. The summed E-state index contributed by atoms with van der Waals surface area (Å²) in [7, 11) is 0. The van der Waals surface area contributed by atoms with Crippen LogP contribution in [0, 0.1) is 0 Å². The maximum atomic E-state index is 13.1. The van der Waals surface area contributed by atoms with Gasteiger partial charge in [0.05, 0.1) is 25.2 Å². The number of hydrogen-bond acceptors (Lipinski definition) is 5. The second-order valence-corrected chi connectivity index (χ2v) is 16.5. The van der Waals surface area contributed by atoms with E-state index in [1.54, 1.807) is 0 Å². The summed E-state index contributed by atoms with van der Waals surface area (Å²) in [4.78, 5) is 26.0. The van der Waals surface area contributed by atoms with Crippen molar-refractivity contribution >= 4 is 11.9 Å². The van der Waals surface area contributed by atoms with Crippen LogP contribution in [0.5, 0.6) is 0 Å². The minimum absolute atomic E-state index is 0.0803. The fraction of sp³-hybridized carbons (Fsp3) is 0.917. The molecule has 0 spiro atoms. The summed E-state index contributed by atoms with van der Waals surface area (Å²) in [6.07, 6.45) is 45.6. The molecular weight excluding hydrogens is 671 g/mol. The van der Waals surface area contributed by atoms with Crippen molar-refractivity contribution in [1.29, 1.82) is 0 Å². The molecule has 0 bridgehead atoms. The summed E-state index contributed by atoms with van der Waals surface area (Å²) in [6.45, 7) is 6.46. The monoisotopic (exact) mass is 764 g/mol. The first-order chi connectivity index (χ1) is 26.5. The number of carbonyl (C=O) groups is 2. The van der Waals surface area contributed by atoms with Crippen molar-refractivity contribution in [1.82, 2.24) is 5.32 Å². The molecule has 0 radical (unpaired) electrons. The third-order valence-electron chi connectivity index (χ3n) is 11.1. The fourth-order valence-electron chi connectivity index (χ4n) is 7.43. The van der Waals surface area contributed by atoms with E-state index in [-0.39, 0.29) is 24.9 Å². The standard InChI is InChI=1S/C48H93NO5/c1-4-7-10-13-16-19-21-22-23-24-25-26-29-32-35-38-41-48(53)54-44(39-36-33-30-28-20-17-14-11-8-5-2)42-47(52)49-45(43-50)46(51)40-37-34-31-27-18-15-12-9-6-3/h23-24,44-46,50-51H,4-22,25-43H2,1-3H3,(H,49,52)/b24-23+. The van der Waals surface area contributed by atoms with Gasteiger partial charge in [-0.15, -0.1) is 0 Å². The molecule has 3 atom stereocenters. The Balaban J connectivity index is 4.50. The lowest BCUT2D eigenvalue weighted by Crippen LogP contribution is -2.46. The first-order valence-electron chi connectivity index (χ1n) is 23.9. The van der Waals surface area contributed by atoms with Crippen molar-refractivity contribution in [2.24, 2.45) is 0 Å². The van der Waals surface area contributed by atoms with E-state index in [0.29, 0.717) is 19.3 Å². The van der Waals surface area contributed by atoms with Crippen LogP contribution in [-0.2, 0) is 14.3 Å². The van der Waals surface area contributed by atoms with Gasteiger partial charge in [-0.25, -0.2) is 0 Å². The quantitative estimate of drug-likeness (QED) is 0.0326. The van der Waals surface area contributed by atoms with Gasteiger partial charge < -0.3 is 20.3 Å². The molecule has 0 aliphatic rings. The highest BCUT2D eigenvalue weighted by molar-refractivity contribution is 5.77. The van der Waals surface area contributed by atoms with Crippen molar-refractivity contribution in [2.75, 3.05) is 6.61 Å². The molecule has 54 heavy (non-hydrogen) atoms. The van der Waals surface area contributed by atoms with E-state index in [4.69, 9.17) is 4.74 Å². The zero-order valence-corrected chi connectivity index (χ0v) is 36.4. The van der Waals surface area contributed by atoms with Gasteiger partial charge in [0.2, 0.25) is 5.91 Å². The van der Waals surface area contributed by atoms with Crippen molar-refractivity contribution < 1.29 is 24.5 Å². The molecule has 3 N–H and O–H groups in total. The van der Waals surface area contributed by atoms with Crippen LogP contribution in [0.1, 0.15) is 258 Å². The Morgan fingerprint density at radius 1 is 0.519 bits per heavy atom. The maximum absolute atomic E-state index is 13.1. The summed E-state index contributed by atoms with van der Waals surface area (Å²) < 4.78 is 5.90. The van der Waals surface area contributed by atoms with Crippen molar-refractivity contribution in [2.45, 2.75) is 277 Å². The molecule has 0 aliphatic carbocycles. The van der Waals surface area contributed by atoms with Crippen LogP contribution >= 0.6 is 0 Å². The first kappa shape index (κ1) is 52.6. The SMILES string of the molecule is CCCCCCCCC/C=C/CCCCCCCC(=O)OC(CCCCCCCCCCCC)CC(=O)NC(CO)C(O)CCCCCCCCCCC. The predicted octanol–water partition coefficient (Wildman–Crippen LogP) is 13.8.